The molecule has 0 aliphatic carbocycles. The summed E-state index contributed by atoms with van der Waals surface area (Å²) in [6.45, 7) is 3.92. The van der Waals surface area contributed by atoms with E-state index in [1.807, 2.05) is 6.07 Å². The van der Waals surface area contributed by atoms with Crippen molar-refractivity contribution < 1.29 is 5.11 Å². The van der Waals surface area contributed by atoms with Gasteiger partial charge in [0.25, 0.3) is 0 Å². The molecule has 2 nitrogen and oxygen atoms in total. The normalized spacial score (nSPS) is 18.4. The molecule has 0 radical (unpaired) electrons. The fourth-order valence-electron chi connectivity index (χ4n) is 2.80. The van der Waals surface area contributed by atoms with Crippen LogP contribution in [-0.2, 0) is 6.42 Å². The summed E-state index contributed by atoms with van der Waals surface area (Å²) >= 11 is 3.50. The number of aliphatic hydroxyl groups is 1. The summed E-state index contributed by atoms with van der Waals surface area (Å²) in [7, 11) is 0. The summed E-state index contributed by atoms with van der Waals surface area (Å²) in [5, 5.41) is 9.56. The fourth-order valence-corrected chi connectivity index (χ4v) is 3.25. The van der Waals surface area contributed by atoms with E-state index in [9.17, 15) is 5.11 Å². The molecular weight excluding hydrogens is 302 g/mol. The van der Waals surface area contributed by atoms with Crippen LogP contribution in [0.15, 0.2) is 28.7 Å². The zero-order valence-corrected chi connectivity index (χ0v) is 13.1. The van der Waals surface area contributed by atoms with Crippen molar-refractivity contribution in [3.05, 3.63) is 34.3 Å². The highest BCUT2D eigenvalue weighted by Crippen LogP contribution is 2.18. The van der Waals surface area contributed by atoms with Crippen LogP contribution in [0.4, 0.5) is 0 Å². The second-order valence-electron chi connectivity index (χ2n) is 5.57. The van der Waals surface area contributed by atoms with Gasteiger partial charge in [0.15, 0.2) is 0 Å². The number of likely N-dealkylation sites (tertiary alicyclic amines) is 1. The molecule has 0 saturated carbocycles. The maximum atomic E-state index is 9.56. The lowest BCUT2D eigenvalue weighted by Gasteiger charge is -2.28. The average molecular weight is 326 g/mol. The molecule has 1 aromatic rings. The van der Waals surface area contributed by atoms with E-state index in [2.05, 4.69) is 39.0 Å². The Morgan fingerprint density at radius 2 is 2.00 bits per heavy atom. The summed E-state index contributed by atoms with van der Waals surface area (Å²) in [5.41, 5.74) is 1.31. The van der Waals surface area contributed by atoms with Crippen LogP contribution in [-0.4, -0.2) is 36.2 Å². The van der Waals surface area contributed by atoms with Crippen molar-refractivity contribution in [1.29, 1.82) is 0 Å². The average Bonchev–Trinajstić information content (AvgIpc) is 2.44. The first-order valence-electron chi connectivity index (χ1n) is 7.35. The minimum absolute atomic E-state index is 0.292. The van der Waals surface area contributed by atoms with E-state index in [0.717, 1.165) is 23.9 Å². The first-order valence-corrected chi connectivity index (χ1v) is 8.15. The van der Waals surface area contributed by atoms with E-state index < -0.39 is 0 Å². The first-order chi connectivity index (χ1) is 9.28. The molecule has 2 rings (SSSR count). The minimum atomic E-state index is 0.292. The van der Waals surface area contributed by atoms with E-state index in [1.54, 1.807) is 0 Å². The molecule has 0 spiro atoms. The van der Waals surface area contributed by atoms with Crippen molar-refractivity contribution in [3.8, 4) is 0 Å². The predicted molar refractivity (Wildman–Crippen MR) is 83.3 cm³/mol. The maximum absolute atomic E-state index is 9.56. The van der Waals surface area contributed by atoms with Crippen molar-refractivity contribution in [2.75, 3.05) is 26.2 Å². The Labute approximate surface area is 124 Å². The van der Waals surface area contributed by atoms with Gasteiger partial charge in [0.05, 0.1) is 0 Å². The second-order valence-corrected chi connectivity index (χ2v) is 6.49. The van der Waals surface area contributed by atoms with Gasteiger partial charge in [-0.05, 0) is 68.9 Å². The summed E-state index contributed by atoms with van der Waals surface area (Å²) in [6.07, 6.45) is 6.15. The van der Waals surface area contributed by atoms with Gasteiger partial charge < -0.3 is 10.0 Å². The molecule has 1 aliphatic rings. The highest BCUT2D eigenvalue weighted by Gasteiger charge is 2.14. The Bertz CT molecular complexity index is 377. The number of hydrogen-bond donors (Lipinski definition) is 1. The lowest BCUT2D eigenvalue weighted by atomic mass is 9.96. The quantitative estimate of drug-likeness (QED) is 0.865. The Hall–Kier alpha value is -0.380. The molecule has 1 aliphatic heterocycles. The number of halogens is 1. The van der Waals surface area contributed by atoms with Gasteiger partial charge in [-0.3, -0.25) is 0 Å². The van der Waals surface area contributed by atoms with Crippen LogP contribution in [0.2, 0.25) is 0 Å². The number of piperidine rings is 1. The minimum Gasteiger partial charge on any atom is -0.396 e. The molecule has 1 heterocycles. The van der Waals surface area contributed by atoms with Crippen LogP contribution >= 0.6 is 15.9 Å². The van der Waals surface area contributed by atoms with Gasteiger partial charge in [0.1, 0.15) is 0 Å². The lowest BCUT2D eigenvalue weighted by Crippen LogP contribution is -2.32. The summed E-state index contributed by atoms with van der Waals surface area (Å²) < 4.78 is 1.12. The van der Waals surface area contributed by atoms with E-state index in [4.69, 9.17) is 0 Å². The Balaban J connectivity index is 1.79. The van der Waals surface area contributed by atoms with Gasteiger partial charge in [-0.25, -0.2) is 0 Å². The topological polar surface area (TPSA) is 23.5 Å². The zero-order chi connectivity index (χ0) is 13.5. The molecule has 19 heavy (non-hydrogen) atoms. The molecular formula is C16H24BrNO. The van der Waals surface area contributed by atoms with Crippen LogP contribution in [0, 0.1) is 5.92 Å². The van der Waals surface area contributed by atoms with Crippen LogP contribution < -0.4 is 0 Å². The van der Waals surface area contributed by atoms with E-state index >= 15 is 0 Å². The number of rotatable bonds is 6. The van der Waals surface area contributed by atoms with Gasteiger partial charge in [0, 0.05) is 11.1 Å². The van der Waals surface area contributed by atoms with Crippen LogP contribution in [0.3, 0.4) is 0 Å². The number of nitrogens with zero attached hydrogens (tertiary/aromatic N) is 1. The van der Waals surface area contributed by atoms with Crippen LogP contribution in [0.25, 0.3) is 0 Å². The third-order valence-electron chi connectivity index (χ3n) is 3.97. The molecule has 1 unspecified atom stereocenters. The third-order valence-corrected chi connectivity index (χ3v) is 4.47. The van der Waals surface area contributed by atoms with Gasteiger partial charge in [0.2, 0.25) is 0 Å². The van der Waals surface area contributed by atoms with Gasteiger partial charge in [-0.1, -0.05) is 34.5 Å². The van der Waals surface area contributed by atoms with E-state index in [1.165, 1.54) is 37.9 Å². The standard InChI is InChI=1S/C16H24BrNO/c17-16-6-4-5-14(12-16)11-15(13-19)7-10-18-8-2-1-3-9-18/h4-6,12,15,19H,1-3,7-11,13H2. The molecule has 3 heteroatoms. The van der Waals surface area contributed by atoms with Crippen LogP contribution in [0.5, 0.6) is 0 Å². The Morgan fingerprint density at radius 1 is 1.21 bits per heavy atom. The Kier molecular flexibility index (Phi) is 6.35. The molecule has 1 aromatic carbocycles. The maximum Gasteiger partial charge on any atom is 0.0462 e. The SMILES string of the molecule is OCC(CCN1CCCCC1)Cc1cccc(Br)c1. The highest BCUT2D eigenvalue weighted by atomic mass is 79.9. The molecule has 0 bridgehead atoms. The highest BCUT2D eigenvalue weighted by molar-refractivity contribution is 9.10. The van der Waals surface area contributed by atoms with Crippen LogP contribution in [0.1, 0.15) is 31.2 Å². The van der Waals surface area contributed by atoms with E-state index in [-0.39, 0.29) is 0 Å². The predicted octanol–water partition coefficient (Wildman–Crippen LogP) is 3.48. The lowest BCUT2D eigenvalue weighted by molar-refractivity contribution is 0.175. The largest absolute Gasteiger partial charge is 0.396 e. The second kappa shape index (κ2) is 8.03. The summed E-state index contributed by atoms with van der Waals surface area (Å²) in [4.78, 5) is 2.55. The molecule has 1 N–H and O–H groups in total. The molecule has 106 valence electrons. The van der Waals surface area contributed by atoms with Crippen molar-refractivity contribution in [2.45, 2.75) is 32.1 Å². The van der Waals surface area contributed by atoms with E-state index in [0.29, 0.717) is 12.5 Å². The van der Waals surface area contributed by atoms with Crippen molar-refractivity contribution in [1.82, 2.24) is 4.90 Å². The van der Waals surface area contributed by atoms with Gasteiger partial charge in [-0.2, -0.15) is 0 Å². The van der Waals surface area contributed by atoms with Crippen molar-refractivity contribution in [2.24, 2.45) is 5.92 Å². The number of benzene rings is 1. The fraction of sp³-hybridized carbons (Fsp3) is 0.625. The molecule has 1 saturated heterocycles. The monoisotopic (exact) mass is 325 g/mol. The van der Waals surface area contributed by atoms with Gasteiger partial charge in [-0.15, -0.1) is 0 Å². The van der Waals surface area contributed by atoms with Crippen molar-refractivity contribution in [3.63, 3.8) is 0 Å². The van der Waals surface area contributed by atoms with Gasteiger partial charge >= 0.3 is 0 Å². The summed E-state index contributed by atoms with van der Waals surface area (Å²) in [6, 6.07) is 8.42. The molecule has 0 amide bonds. The Morgan fingerprint density at radius 3 is 2.68 bits per heavy atom. The van der Waals surface area contributed by atoms with Crippen molar-refractivity contribution >= 4 is 15.9 Å². The number of aliphatic hydroxyl groups excluding tert-OH is 1. The summed E-state index contributed by atoms with van der Waals surface area (Å²) in [5.74, 6) is 0.385. The molecule has 1 fully saturated rings. The molecule has 0 aromatic heterocycles. The number of hydrogen-bond acceptors (Lipinski definition) is 2. The third kappa shape index (κ3) is 5.25. The smallest absolute Gasteiger partial charge is 0.0462 e. The zero-order valence-electron chi connectivity index (χ0n) is 11.5. The first kappa shape index (κ1) is 15.0. The molecule has 1 atom stereocenters.